The van der Waals surface area contributed by atoms with Gasteiger partial charge in [0.2, 0.25) is 0 Å². The number of carboxylic acid groups (broad SMARTS) is 1. The molecule has 0 aliphatic rings. The molecule has 0 aliphatic carbocycles. The van der Waals surface area contributed by atoms with Gasteiger partial charge in [-0.05, 0) is 46.3 Å². The number of rotatable bonds is 5. The van der Waals surface area contributed by atoms with Crippen LogP contribution >= 0.6 is 27.3 Å². The first-order chi connectivity index (χ1) is 9.78. The van der Waals surface area contributed by atoms with Crippen LogP contribution in [0.15, 0.2) is 39.0 Å². The predicted molar refractivity (Wildman–Crippen MR) is 80.6 cm³/mol. The number of nitrogens with one attached hydrogen (secondary N) is 1. The van der Waals surface area contributed by atoms with Gasteiger partial charge < -0.3 is 5.11 Å². The maximum absolute atomic E-state index is 13.4. The highest BCUT2D eigenvalue weighted by molar-refractivity contribution is 9.10. The highest BCUT2D eigenvalue weighted by Gasteiger charge is 2.18. The second-order valence-corrected chi connectivity index (χ2v) is 7.96. The zero-order valence-corrected chi connectivity index (χ0v) is 13.6. The summed E-state index contributed by atoms with van der Waals surface area (Å²) in [6, 6.07) is 6.61. The molecule has 2 N–H and O–H groups in total. The third-order valence-electron chi connectivity index (χ3n) is 2.40. The third kappa shape index (κ3) is 4.02. The zero-order chi connectivity index (χ0) is 15.6. The van der Waals surface area contributed by atoms with Gasteiger partial charge in [0, 0.05) is 4.88 Å². The van der Waals surface area contributed by atoms with Gasteiger partial charge in [-0.25, -0.2) is 12.8 Å². The van der Waals surface area contributed by atoms with Crippen LogP contribution in [0.25, 0.3) is 0 Å². The van der Waals surface area contributed by atoms with Gasteiger partial charge in [0.15, 0.2) is 0 Å². The molecule has 0 fully saturated rings. The first-order valence-electron chi connectivity index (χ1n) is 5.56. The van der Waals surface area contributed by atoms with E-state index >= 15 is 0 Å². The lowest BCUT2D eigenvalue weighted by Gasteiger charge is -2.06. The normalized spacial score (nSPS) is 11.3. The van der Waals surface area contributed by atoms with Crippen molar-refractivity contribution in [1.29, 1.82) is 0 Å². The van der Waals surface area contributed by atoms with Crippen LogP contribution in [0.4, 0.5) is 10.1 Å². The molecule has 21 heavy (non-hydrogen) atoms. The van der Waals surface area contributed by atoms with Crippen molar-refractivity contribution < 1.29 is 22.7 Å². The van der Waals surface area contributed by atoms with Gasteiger partial charge >= 0.3 is 5.97 Å². The van der Waals surface area contributed by atoms with Crippen LogP contribution in [-0.4, -0.2) is 19.5 Å². The second kappa shape index (κ2) is 6.12. The standard InChI is InChI=1S/C12H9BrFNO4S2/c13-9-3-1-7(5-10(9)14)15-21(18,19)12-4-2-8(20-12)6-11(16)17/h1-5,15H,6H2,(H,16,17). The lowest BCUT2D eigenvalue weighted by molar-refractivity contribution is -0.136. The summed E-state index contributed by atoms with van der Waals surface area (Å²) < 4.78 is 40.0. The van der Waals surface area contributed by atoms with Crippen molar-refractivity contribution in [1.82, 2.24) is 0 Å². The Morgan fingerprint density at radius 1 is 1.33 bits per heavy atom. The van der Waals surface area contributed by atoms with E-state index < -0.39 is 21.8 Å². The van der Waals surface area contributed by atoms with Gasteiger partial charge in [0.1, 0.15) is 10.0 Å². The Kier molecular flexibility index (Phi) is 4.64. The Labute approximate surface area is 132 Å². The van der Waals surface area contributed by atoms with Crippen LogP contribution in [0.3, 0.4) is 0 Å². The van der Waals surface area contributed by atoms with Gasteiger partial charge in [0.25, 0.3) is 10.0 Å². The summed E-state index contributed by atoms with van der Waals surface area (Å²) in [5.74, 6) is -1.63. The summed E-state index contributed by atoms with van der Waals surface area (Å²) in [6.07, 6.45) is -0.243. The molecule has 1 heterocycles. The Hall–Kier alpha value is -1.45. The maximum atomic E-state index is 13.4. The topological polar surface area (TPSA) is 83.5 Å². The lowest BCUT2D eigenvalue weighted by Crippen LogP contribution is -2.11. The minimum atomic E-state index is -3.86. The summed E-state index contributed by atoms with van der Waals surface area (Å²) in [5.41, 5.74) is 0.0869. The summed E-state index contributed by atoms with van der Waals surface area (Å²) >= 11 is 3.83. The van der Waals surface area contributed by atoms with E-state index in [1.807, 2.05) is 0 Å². The van der Waals surface area contributed by atoms with E-state index in [4.69, 9.17) is 5.11 Å². The van der Waals surface area contributed by atoms with E-state index in [0.29, 0.717) is 4.88 Å². The Bertz CT molecular complexity index is 788. The molecular formula is C12H9BrFNO4S2. The summed E-state index contributed by atoms with van der Waals surface area (Å²) in [7, 11) is -3.86. The van der Waals surface area contributed by atoms with Crippen molar-refractivity contribution in [2.24, 2.45) is 0 Å². The summed E-state index contributed by atoms with van der Waals surface area (Å²) in [6.45, 7) is 0. The Morgan fingerprint density at radius 3 is 2.67 bits per heavy atom. The first kappa shape index (κ1) is 15.9. The van der Waals surface area contributed by atoms with Crippen LogP contribution in [0.1, 0.15) is 4.88 Å². The number of hydrogen-bond acceptors (Lipinski definition) is 4. The van der Waals surface area contributed by atoms with Crippen LogP contribution in [0.5, 0.6) is 0 Å². The van der Waals surface area contributed by atoms with Crippen molar-refractivity contribution in [3.63, 3.8) is 0 Å². The van der Waals surface area contributed by atoms with Crippen LogP contribution in [0.2, 0.25) is 0 Å². The molecule has 0 unspecified atom stereocenters. The summed E-state index contributed by atoms with van der Waals surface area (Å²) in [5, 5.41) is 8.67. The molecule has 0 radical (unpaired) electrons. The highest BCUT2D eigenvalue weighted by Crippen LogP contribution is 2.26. The van der Waals surface area contributed by atoms with Crippen molar-refractivity contribution in [3.8, 4) is 0 Å². The molecule has 1 aromatic heterocycles. The number of carboxylic acids is 1. The molecule has 0 aliphatic heterocycles. The quantitative estimate of drug-likeness (QED) is 0.817. The van der Waals surface area contributed by atoms with E-state index in [0.717, 1.165) is 17.4 Å². The SMILES string of the molecule is O=C(O)Cc1ccc(S(=O)(=O)Nc2ccc(Br)c(F)c2)s1. The molecule has 1 aromatic carbocycles. The van der Waals surface area contributed by atoms with Crippen molar-refractivity contribution in [2.45, 2.75) is 10.6 Å². The number of anilines is 1. The maximum Gasteiger partial charge on any atom is 0.308 e. The van der Waals surface area contributed by atoms with Crippen LogP contribution in [0, 0.1) is 5.82 Å². The molecular weight excluding hydrogens is 385 g/mol. The molecule has 0 amide bonds. The van der Waals surface area contributed by atoms with Crippen LogP contribution < -0.4 is 4.72 Å². The molecule has 2 rings (SSSR count). The molecule has 0 saturated heterocycles. The van der Waals surface area contributed by atoms with E-state index in [9.17, 15) is 17.6 Å². The molecule has 0 saturated carbocycles. The van der Waals surface area contributed by atoms with Crippen molar-refractivity contribution in [3.05, 3.63) is 45.5 Å². The molecule has 0 atom stereocenters. The number of thiophene rings is 1. The Morgan fingerprint density at radius 2 is 2.05 bits per heavy atom. The van der Waals surface area contributed by atoms with E-state index in [-0.39, 0.29) is 20.8 Å². The molecule has 0 spiro atoms. The number of benzene rings is 1. The average Bonchev–Trinajstić information content (AvgIpc) is 2.82. The molecule has 5 nitrogen and oxygen atoms in total. The number of hydrogen-bond donors (Lipinski definition) is 2. The van der Waals surface area contributed by atoms with Gasteiger partial charge in [-0.3, -0.25) is 9.52 Å². The molecule has 2 aromatic rings. The smallest absolute Gasteiger partial charge is 0.308 e. The minimum absolute atomic E-state index is 0.0259. The van der Waals surface area contributed by atoms with E-state index in [2.05, 4.69) is 20.7 Å². The minimum Gasteiger partial charge on any atom is -0.481 e. The zero-order valence-electron chi connectivity index (χ0n) is 10.3. The number of halogens is 2. The van der Waals surface area contributed by atoms with Crippen LogP contribution in [-0.2, 0) is 21.2 Å². The molecule has 9 heteroatoms. The van der Waals surface area contributed by atoms with E-state index in [1.54, 1.807) is 0 Å². The fraction of sp³-hybridized carbons (Fsp3) is 0.0833. The first-order valence-corrected chi connectivity index (χ1v) is 8.65. The molecule has 0 bridgehead atoms. The fourth-order valence-electron chi connectivity index (χ4n) is 1.51. The summed E-state index contributed by atoms with van der Waals surface area (Å²) in [4.78, 5) is 11.0. The largest absolute Gasteiger partial charge is 0.481 e. The van der Waals surface area contributed by atoms with Gasteiger partial charge in [0.05, 0.1) is 16.6 Å². The number of carbonyl (C=O) groups is 1. The highest BCUT2D eigenvalue weighted by atomic mass is 79.9. The van der Waals surface area contributed by atoms with Gasteiger partial charge in [-0.15, -0.1) is 11.3 Å². The number of aliphatic carboxylic acids is 1. The molecule has 112 valence electrons. The van der Waals surface area contributed by atoms with Gasteiger partial charge in [-0.2, -0.15) is 0 Å². The lowest BCUT2D eigenvalue weighted by atomic mass is 10.3. The predicted octanol–water partition coefficient (Wildman–Crippen LogP) is 3.08. The average molecular weight is 394 g/mol. The van der Waals surface area contributed by atoms with Crippen molar-refractivity contribution in [2.75, 3.05) is 4.72 Å². The fourth-order valence-corrected chi connectivity index (χ4v) is 4.15. The second-order valence-electron chi connectivity index (χ2n) is 4.03. The number of sulfonamides is 1. The third-order valence-corrected chi connectivity index (χ3v) is 6.00. The van der Waals surface area contributed by atoms with Gasteiger partial charge in [-0.1, -0.05) is 0 Å². The van der Waals surface area contributed by atoms with E-state index in [1.165, 1.54) is 24.3 Å². The monoisotopic (exact) mass is 393 g/mol. The van der Waals surface area contributed by atoms with Crippen molar-refractivity contribution >= 4 is 48.9 Å². The Balaban J connectivity index is 2.23.